The number of benzene rings is 2. The zero-order chi connectivity index (χ0) is 18.7. The number of hydrogen-bond acceptors (Lipinski definition) is 2. The Morgan fingerprint density at radius 2 is 1.46 bits per heavy atom. The summed E-state index contributed by atoms with van der Waals surface area (Å²) in [5, 5.41) is 3.28. The molecule has 1 unspecified atom stereocenters. The lowest BCUT2D eigenvalue weighted by Crippen LogP contribution is -2.45. The molecule has 0 radical (unpaired) electrons. The first-order valence-electron chi connectivity index (χ1n) is 9.08. The van der Waals surface area contributed by atoms with E-state index in [9.17, 15) is 13.2 Å². The normalized spacial score (nSPS) is 17.5. The lowest BCUT2D eigenvalue weighted by atomic mass is 9.90. The highest BCUT2D eigenvalue weighted by atomic mass is 19.4. The van der Waals surface area contributed by atoms with Gasteiger partial charge in [-0.05, 0) is 28.7 Å². The van der Waals surface area contributed by atoms with Crippen molar-refractivity contribution in [2.75, 3.05) is 26.2 Å². The average molecular weight is 362 g/mol. The van der Waals surface area contributed by atoms with Crippen molar-refractivity contribution in [2.24, 2.45) is 0 Å². The van der Waals surface area contributed by atoms with Crippen LogP contribution in [-0.2, 0) is 6.18 Å². The fourth-order valence-corrected chi connectivity index (χ4v) is 3.58. The van der Waals surface area contributed by atoms with Gasteiger partial charge in [0.2, 0.25) is 0 Å². The van der Waals surface area contributed by atoms with E-state index in [2.05, 4.69) is 24.1 Å². The summed E-state index contributed by atoms with van der Waals surface area (Å²) in [6.45, 7) is 7.25. The van der Waals surface area contributed by atoms with Crippen LogP contribution in [0.15, 0.2) is 48.5 Å². The highest BCUT2D eigenvalue weighted by Gasteiger charge is 2.37. The number of hydrogen-bond donors (Lipinski definition) is 1. The summed E-state index contributed by atoms with van der Waals surface area (Å²) >= 11 is 0. The number of halogens is 3. The number of nitrogens with zero attached hydrogens (tertiary/aromatic N) is 1. The first-order chi connectivity index (χ1) is 12.4. The molecule has 2 aromatic rings. The second-order valence-electron chi connectivity index (χ2n) is 7.09. The van der Waals surface area contributed by atoms with E-state index in [4.69, 9.17) is 0 Å². The Kier molecular flexibility index (Phi) is 5.68. The van der Waals surface area contributed by atoms with Gasteiger partial charge in [0.25, 0.3) is 0 Å². The fraction of sp³-hybridized carbons (Fsp3) is 0.429. The highest BCUT2D eigenvalue weighted by molar-refractivity contribution is 5.40. The molecule has 1 heterocycles. The van der Waals surface area contributed by atoms with Gasteiger partial charge in [0.15, 0.2) is 0 Å². The smallest absolute Gasteiger partial charge is 0.314 e. The molecule has 0 bridgehead atoms. The van der Waals surface area contributed by atoms with Gasteiger partial charge in [-0.15, -0.1) is 0 Å². The molecule has 1 aliphatic heterocycles. The van der Waals surface area contributed by atoms with Crippen LogP contribution in [0.2, 0.25) is 0 Å². The minimum absolute atomic E-state index is 0.333. The van der Waals surface area contributed by atoms with Crippen LogP contribution in [0.4, 0.5) is 13.2 Å². The Hall–Kier alpha value is -1.85. The second-order valence-corrected chi connectivity index (χ2v) is 7.09. The summed E-state index contributed by atoms with van der Waals surface area (Å²) in [7, 11) is 0. The van der Waals surface area contributed by atoms with Crippen molar-refractivity contribution in [2.45, 2.75) is 32.0 Å². The Morgan fingerprint density at radius 1 is 0.885 bits per heavy atom. The average Bonchev–Trinajstić information content (AvgIpc) is 2.63. The molecular weight excluding hydrogens is 337 g/mol. The maximum absolute atomic E-state index is 13.6. The molecule has 140 valence electrons. The van der Waals surface area contributed by atoms with Crippen molar-refractivity contribution in [3.8, 4) is 0 Å². The first-order valence-corrected chi connectivity index (χ1v) is 9.08. The van der Waals surface area contributed by atoms with Crippen molar-refractivity contribution >= 4 is 0 Å². The van der Waals surface area contributed by atoms with Crippen LogP contribution in [0.1, 0.15) is 48.1 Å². The van der Waals surface area contributed by atoms with E-state index >= 15 is 0 Å². The summed E-state index contributed by atoms with van der Waals surface area (Å²) in [6.07, 6.45) is -4.36. The molecule has 26 heavy (non-hydrogen) atoms. The summed E-state index contributed by atoms with van der Waals surface area (Å²) in [5.41, 5.74) is 1.89. The van der Waals surface area contributed by atoms with Crippen molar-refractivity contribution in [1.82, 2.24) is 10.2 Å². The van der Waals surface area contributed by atoms with Gasteiger partial charge in [0.1, 0.15) is 0 Å². The van der Waals surface area contributed by atoms with Gasteiger partial charge in [0.05, 0.1) is 11.6 Å². The monoisotopic (exact) mass is 362 g/mol. The Labute approximate surface area is 153 Å². The molecule has 1 fully saturated rings. The van der Waals surface area contributed by atoms with Crippen LogP contribution in [0, 0.1) is 0 Å². The van der Waals surface area contributed by atoms with E-state index in [1.807, 2.05) is 24.3 Å². The number of piperazine rings is 1. The van der Waals surface area contributed by atoms with E-state index in [0.29, 0.717) is 11.5 Å². The van der Waals surface area contributed by atoms with E-state index in [-0.39, 0.29) is 0 Å². The third kappa shape index (κ3) is 4.10. The highest BCUT2D eigenvalue weighted by Crippen LogP contribution is 2.39. The minimum atomic E-state index is -4.36. The molecule has 0 aliphatic carbocycles. The largest absolute Gasteiger partial charge is 0.416 e. The predicted octanol–water partition coefficient (Wildman–Crippen LogP) is 4.82. The topological polar surface area (TPSA) is 15.3 Å². The lowest BCUT2D eigenvalue weighted by molar-refractivity contribution is -0.138. The first kappa shape index (κ1) is 18.9. The SMILES string of the molecule is CC(C)c1ccc(C(c2ccccc2C(F)(F)F)N2CCNCC2)cc1. The van der Waals surface area contributed by atoms with Crippen molar-refractivity contribution in [3.05, 3.63) is 70.8 Å². The fourth-order valence-electron chi connectivity index (χ4n) is 3.58. The van der Waals surface area contributed by atoms with Crippen LogP contribution in [0.5, 0.6) is 0 Å². The zero-order valence-electron chi connectivity index (χ0n) is 15.2. The summed E-state index contributed by atoms with van der Waals surface area (Å²) in [4.78, 5) is 2.14. The third-order valence-corrected chi connectivity index (χ3v) is 5.00. The van der Waals surface area contributed by atoms with Crippen molar-refractivity contribution in [1.29, 1.82) is 0 Å². The van der Waals surface area contributed by atoms with E-state index in [1.54, 1.807) is 12.1 Å². The maximum atomic E-state index is 13.6. The molecule has 1 saturated heterocycles. The molecule has 0 spiro atoms. The minimum Gasteiger partial charge on any atom is -0.314 e. The van der Waals surface area contributed by atoms with Crippen LogP contribution in [0.25, 0.3) is 0 Å². The molecule has 0 saturated carbocycles. The van der Waals surface area contributed by atoms with Gasteiger partial charge in [0, 0.05) is 26.2 Å². The van der Waals surface area contributed by atoms with Crippen LogP contribution < -0.4 is 5.32 Å². The van der Waals surface area contributed by atoms with Crippen molar-refractivity contribution < 1.29 is 13.2 Å². The number of alkyl halides is 3. The summed E-state index contributed by atoms with van der Waals surface area (Å²) in [6, 6.07) is 13.6. The second kappa shape index (κ2) is 7.80. The Bertz CT molecular complexity index is 717. The van der Waals surface area contributed by atoms with Gasteiger partial charge >= 0.3 is 6.18 Å². The zero-order valence-corrected chi connectivity index (χ0v) is 15.2. The van der Waals surface area contributed by atoms with Crippen molar-refractivity contribution in [3.63, 3.8) is 0 Å². The van der Waals surface area contributed by atoms with Gasteiger partial charge in [-0.25, -0.2) is 0 Å². The molecule has 5 heteroatoms. The van der Waals surface area contributed by atoms with E-state index in [0.717, 1.165) is 31.7 Å². The number of nitrogens with one attached hydrogen (secondary N) is 1. The molecule has 1 aliphatic rings. The molecule has 2 nitrogen and oxygen atoms in total. The maximum Gasteiger partial charge on any atom is 0.416 e. The van der Waals surface area contributed by atoms with Gasteiger partial charge in [-0.2, -0.15) is 13.2 Å². The summed E-state index contributed by atoms with van der Waals surface area (Å²) < 4.78 is 40.9. The Balaban J connectivity index is 2.07. The molecule has 1 atom stereocenters. The Morgan fingerprint density at radius 3 is 2.04 bits per heavy atom. The molecule has 0 amide bonds. The van der Waals surface area contributed by atoms with E-state index < -0.39 is 17.8 Å². The van der Waals surface area contributed by atoms with Gasteiger partial charge in [-0.1, -0.05) is 56.3 Å². The quantitative estimate of drug-likeness (QED) is 0.839. The van der Waals surface area contributed by atoms with Crippen LogP contribution in [0.3, 0.4) is 0 Å². The lowest BCUT2D eigenvalue weighted by Gasteiger charge is -2.36. The summed E-state index contributed by atoms with van der Waals surface area (Å²) in [5.74, 6) is 0.393. The molecule has 1 N–H and O–H groups in total. The molecule has 3 rings (SSSR count). The van der Waals surface area contributed by atoms with E-state index in [1.165, 1.54) is 17.7 Å². The molecule has 2 aromatic carbocycles. The van der Waals surface area contributed by atoms with Gasteiger partial charge < -0.3 is 5.32 Å². The predicted molar refractivity (Wildman–Crippen MR) is 98.3 cm³/mol. The van der Waals surface area contributed by atoms with Crippen LogP contribution in [-0.4, -0.2) is 31.1 Å². The number of rotatable bonds is 4. The molecule has 0 aromatic heterocycles. The third-order valence-electron chi connectivity index (χ3n) is 5.00. The molecular formula is C21H25F3N2. The van der Waals surface area contributed by atoms with Crippen LogP contribution >= 0.6 is 0 Å². The standard InChI is InChI=1S/C21H25F3N2/c1-15(2)16-7-9-17(10-8-16)20(26-13-11-25-12-14-26)18-5-3-4-6-19(18)21(22,23)24/h3-10,15,20,25H,11-14H2,1-2H3. The van der Waals surface area contributed by atoms with Gasteiger partial charge in [-0.3, -0.25) is 4.90 Å².